The van der Waals surface area contributed by atoms with E-state index in [-0.39, 0.29) is 0 Å². The summed E-state index contributed by atoms with van der Waals surface area (Å²) in [6, 6.07) is 70.4. The molecule has 0 spiro atoms. The van der Waals surface area contributed by atoms with E-state index in [0.717, 1.165) is 39.3 Å². The van der Waals surface area contributed by atoms with Crippen LogP contribution in [0.1, 0.15) is 0 Å². The minimum atomic E-state index is -2.88. The number of rotatable bonds is 6. The lowest BCUT2D eigenvalue weighted by Crippen LogP contribution is -2.77. The first-order chi connectivity index (χ1) is 27.8. The summed E-state index contributed by atoms with van der Waals surface area (Å²) in [6.45, 7) is 0. The van der Waals surface area contributed by atoms with E-state index in [4.69, 9.17) is 18.8 Å². The van der Waals surface area contributed by atoms with Gasteiger partial charge in [0.2, 0.25) is 11.8 Å². The molecule has 0 unspecified atom stereocenters. The smallest absolute Gasteiger partial charge is 0.227 e. The molecule has 2 aromatic heterocycles. The van der Waals surface area contributed by atoms with E-state index in [1.165, 1.54) is 20.7 Å². The SMILES string of the molecule is c1ccc(-c2nc3c(N4c5ccccc5[Si](c5ccccc5)(c5ccccc5)c5ccccc54)c4oc(-c5ccccc5)nc4c(-c4ccccc4)c3o2)cc1. The lowest BCUT2D eigenvalue weighted by Gasteiger charge is -2.44. The molecule has 0 radical (unpaired) electrons. The predicted molar refractivity (Wildman–Crippen MR) is 230 cm³/mol. The Hall–Kier alpha value is -7.28. The van der Waals surface area contributed by atoms with Gasteiger partial charge in [-0.25, -0.2) is 9.97 Å². The normalized spacial score (nSPS) is 13.1. The minimum Gasteiger partial charge on any atom is -0.435 e. The number of aromatic nitrogens is 2. The molecule has 0 aliphatic carbocycles. The van der Waals surface area contributed by atoms with E-state index in [0.29, 0.717) is 34.0 Å². The average molecular weight is 736 g/mol. The number of fused-ring (bicyclic) bond motifs is 4. The Labute approximate surface area is 324 Å². The molecule has 1 aliphatic heterocycles. The van der Waals surface area contributed by atoms with Gasteiger partial charge in [0.25, 0.3) is 0 Å². The van der Waals surface area contributed by atoms with Crippen LogP contribution in [0.2, 0.25) is 0 Å². The molecule has 0 saturated carbocycles. The number of anilines is 3. The zero-order valence-electron chi connectivity index (χ0n) is 30.2. The molecule has 1 aliphatic rings. The molecule has 3 heterocycles. The highest BCUT2D eigenvalue weighted by Crippen LogP contribution is 2.50. The van der Waals surface area contributed by atoms with Gasteiger partial charge in [-0.15, -0.1) is 0 Å². The molecule has 56 heavy (non-hydrogen) atoms. The fraction of sp³-hybridized carbons (Fsp3) is 0. The van der Waals surface area contributed by atoms with E-state index in [1.807, 2.05) is 78.9 Å². The summed E-state index contributed by atoms with van der Waals surface area (Å²) in [4.78, 5) is 13.1. The van der Waals surface area contributed by atoms with E-state index < -0.39 is 8.07 Å². The third-order valence-corrected chi connectivity index (χ3v) is 15.9. The van der Waals surface area contributed by atoms with Crippen LogP contribution in [-0.2, 0) is 0 Å². The zero-order valence-corrected chi connectivity index (χ0v) is 31.2. The maximum absolute atomic E-state index is 7.05. The first-order valence-corrected chi connectivity index (χ1v) is 20.8. The minimum absolute atomic E-state index is 0.533. The van der Waals surface area contributed by atoms with Crippen molar-refractivity contribution in [2.45, 2.75) is 0 Å². The molecule has 5 nitrogen and oxygen atoms in total. The van der Waals surface area contributed by atoms with Crippen LogP contribution in [0.5, 0.6) is 0 Å². The van der Waals surface area contributed by atoms with Crippen LogP contribution in [0.4, 0.5) is 17.1 Å². The van der Waals surface area contributed by atoms with Crippen molar-refractivity contribution in [2.75, 3.05) is 4.90 Å². The number of nitrogens with zero attached hydrogens (tertiary/aromatic N) is 3. The monoisotopic (exact) mass is 735 g/mol. The Morgan fingerprint density at radius 3 is 1.27 bits per heavy atom. The van der Waals surface area contributed by atoms with E-state index in [2.05, 4.69) is 126 Å². The van der Waals surface area contributed by atoms with Crippen molar-refractivity contribution >= 4 is 68.1 Å². The van der Waals surface area contributed by atoms with Crippen LogP contribution in [0.25, 0.3) is 56.2 Å². The van der Waals surface area contributed by atoms with Crippen LogP contribution in [0, 0.1) is 0 Å². The highest BCUT2D eigenvalue weighted by Gasteiger charge is 2.49. The summed E-state index contributed by atoms with van der Waals surface area (Å²) in [6.07, 6.45) is 0. The number of benzene rings is 8. The summed E-state index contributed by atoms with van der Waals surface area (Å²) in [5, 5.41) is 5.19. The first kappa shape index (κ1) is 32.2. The molecule has 0 atom stereocenters. The maximum atomic E-state index is 7.05. The standard InChI is InChI=1S/C50H33N3O2Si/c1-6-20-34(21-7-1)43-44-48(55-49(51-44)35-22-8-2-9-23-35)46(45-47(43)54-50(52-45)36-24-10-3-11-25-36)53-39-30-16-18-32-41(39)56(37-26-12-4-13-27-37,38-28-14-5-15-29-38)42-33-19-17-31-40(42)53/h1-33H. The predicted octanol–water partition coefficient (Wildman–Crippen LogP) is 10.1. The average Bonchev–Trinajstić information content (AvgIpc) is 3.92. The molecule has 0 saturated heterocycles. The largest absolute Gasteiger partial charge is 0.435 e. The fourth-order valence-corrected chi connectivity index (χ4v) is 13.8. The molecular weight excluding hydrogens is 703 g/mol. The highest BCUT2D eigenvalue weighted by molar-refractivity contribution is 7.21. The van der Waals surface area contributed by atoms with Crippen LogP contribution in [-0.4, -0.2) is 18.0 Å². The molecular formula is C50H33N3O2Si. The van der Waals surface area contributed by atoms with Crippen molar-refractivity contribution in [1.29, 1.82) is 0 Å². The van der Waals surface area contributed by atoms with Crippen LogP contribution in [0.3, 0.4) is 0 Å². The van der Waals surface area contributed by atoms with Crippen LogP contribution < -0.4 is 25.6 Å². The maximum Gasteiger partial charge on any atom is 0.227 e. The Balaban J connectivity index is 1.30. The van der Waals surface area contributed by atoms with Crippen molar-refractivity contribution in [1.82, 2.24) is 9.97 Å². The second-order valence-corrected chi connectivity index (χ2v) is 17.8. The second-order valence-electron chi connectivity index (χ2n) is 14.1. The van der Waals surface area contributed by atoms with Crippen molar-refractivity contribution in [3.05, 3.63) is 200 Å². The van der Waals surface area contributed by atoms with Gasteiger partial charge in [0.05, 0.1) is 5.56 Å². The summed E-state index contributed by atoms with van der Waals surface area (Å²) in [5.41, 5.74) is 9.23. The van der Waals surface area contributed by atoms with Gasteiger partial charge >= 0.3 is 0 Å². The van der Waals surface area contributed by atoms with Crippen molar-refractivity contribution in [2.24, 2.45) is 0 Å². The Morgan fingerprint density at radius 1 is 0.375 bits per heavy atom. The van der Waals surface area contributed by atoms with Gasteiger partial charge in [0, 0.05) is 22.5 Å². The fourth-order valence-electron chi connectivity index (χ4n) is 8.66. The molecule has 0 N–H and O–H groups in total. The van der Waals surface area contributed by atoms with Crippen molar-refractivity contribution in [3.63, 3.8) is 0 Å². The van der Waals surface area contributed by atoms with Gasteiger partial charge in [-0.2, -0.15) is 0 Å². The van der Waals surface area contributed by atoms with Gasteiger partial charge < -0.3 is 13.7 Å². The van der Waals surface area contributed by atoms with Gasteiger partial charge in [0.1, 0.15) is 16.7 Å². The van der Waals surface area contributed by atoms with Gasteiger partial charge in [-0.1, -0.05) is 164 Å². The summed E-state index contributed by atoms with van der Waals surface area (Å²) >= 11 is 0. The van der Waals surface area contributed by atoms with Gasteiger partial charge in [-0.05, 0) is 62.7 Å². The summed E-state index contributed by atoms with van der Waals surface area (Å²) in [7, 11) is -2.88. The molecule has 6 heteroatoms. The Bertz CT molecular complexity index is 2830. The van der Waals surface area contributed by atoms with E-state index in [9.17, 15) is 0 Å². The van der Waals surface area contributed by atoms with Crippen molar-refractivity contribution in [3.8, 4) is 34.0 Å². The van der Waals surface area contributed by atoms with Crippen LogP contribution >= 0.6 is 0 Å². The Morgan fingerprint density at radius 2 is 0.768 bits per heavy atom. The Kier molecular flexibility index (Phi) is 7.43. The molecule has 0 bridgehead atoms. The molecule has 11 rings (SSSR count). The zero-order chi connectivity index (χ0) is 37.1. The molecule has 10 aromatic rings. The third-order valence-electron chi connectivity index (χ3n) is 11.0. The molecule has 0 fully saturated rings. The lowest BCUT2D eigenvalue weighted by molar-refractivity contribution is 0.618. The second kappa shape index (κ2) is 12.9. The number of hydrogen-bond donors (Lipinski definition) is 0. The topological polar surface area (TPSA) is 55.3 Å². The number of oxazole rings is 2. The lowest BCUT2D eigenvalue weighted by atomic mass is 10.0. The number of hydrogen-bond acceptors (Lipinski definition) is 5. The summed E-state index contributed by atoms with van der Waals surface area (Å²) in [5.74, 6) is 1.07. The van der Waals surface area contributed by atoms with E-state index >= 15 is 0 Å². The summed E-state index contributed by atoms with van der Waals surface area (Å²) < 4.78 is 14.0. The van der Waals surface area contributed by atoms with Crippen molar-refractivity contribution < 1.29 is 8.83 Å². The van der Waals surface area contributed by atoms with Gasteiger partial charge in [0.15, 0.2) is 19.2 Å². The first-order valence-electron chi connectivity index (χ1n) is 18.8. The van der Waals surface area contributed by atoms with Gasteiger partial charge in [-0.3, -0.25) is 0 Å². The third kappa shape index (κ3) is 4.79. The van der Waals surface area contributed by atoms with Crippen LogP contribution in [0.15, 0.2) is 209 Å². The highest BCUT2D eigenvalue weighted by atomic mass is 28.3. The van der Waals surface area contributed by atoms with E-state index in [1.54, 1.807) is 0 Å². The quantitative estimate of drug-likeness (QED) is 0.159. The number of para-hydroxylation sites is 2. The molecule has 0 amide bonds. The molecule has 264 valence electrons. The molecule has 8 aromatic carbocycles.